The number of anilines is 1. The quantitative estimate of drug-likeness (QED) is 0.699. The largest absolute Gasteiger partial charge is 0.508 e. The maximum absolute atomic E-state index is 9.56. The summed E-state index contributed by atoms with van der Waals surface area (Å²) in [4.78, 5) is 9.04. The Balaban J connectivity index is 1.40. The molecule has 30 heavy (non-hydrogen) atoms. The number of phenolic OH excluding ortho intramolecular Hbond substituents is 1. The van der Waals surface area contributed by atoms with E-state index in [1.807, 2.05) is 24.5 Å². The van der Waals surface area contributed by atoms with Gasteiger partial charge in [-0.1, -0.05) is 12.8 Å². The number of rotatable bonds is 5. The molecule has 1 saturated carbocycles. The second kappa shape index (κ2) is 8.39. The number of hydrogen-bond donors (Lipinski definition) is 1. The fourth-order valence-electron chi connectivity index (χ4n) is 4.76. The predicted molar refractivity (Wildman–Crippen MR) is 113 cm³/mol. The molecule has 0 unspecified atom stereocenters. The van der Waals surface area contributed by atoms with Gasteiger partial charge in [-0.2, -0.15) is 0 Å². The Kier molecular flexibility index (Phi) is 5.31. The maximum atomic E-state index is 9.56. The Morgan fingerprint density at radius 1 is 0.900 bits per heavy atom. The molecule has 156 valence electrons. The topological polar surface area (TPSA) is 83.2 Å². The van der Waals surface area contributed by atoms with E-state index in [-0.39, 0.29) is 6.04 Å². The van der Waals surface area contributed by atoms with Crippen LogP contribution in [0.5, 0.6) is 5.75 Å². The van der Waals surface area contributed by atoms with Gasteiger partial charge in [0.2, 0.25) is 0 Å². The van der Waals surface area contributed by atoms with Crippen LogP contribution in [0.15, 0.2) is 48.8 Å². The highest BCUT2D eigenvalue weighted by atomic mass is 16.3. The first-order valence-electron chi connectivity index (χ1n) is 10.8. The summed E-state index contributed by atoms with van der Waals surface area (Å²) in [5.41, 5.74) is 2.32. The third kappa shape index (κ3) is 3.75. The Hall–Kier alpha value is -3.00. The van der Waals surface area contributed by atoms with Crippen molar-refractivity contribution in [3.8, 4) is 5.75 Å². The first kappa shape index (κ1) is 19.0. The minimum atomic E-state index is 0.0190. The summed E-state index contributed by atoms with van der Waals surface area (Å²) in [5.74, 6) is 1.24. The number of nitrogens with zero attached hydrogens (tertiary/aromatic N) is 7. The van der Waals surface area contributed by atoms with Crippen molar-refractivity contribution >= 4 is 5.69 Å². The standard InChI is InChI=1S/C22H27N7O/c30-20-7-5-18(6-8-20)27-13-15-28(16-14-27)21(17-9-11-23-12-10-17)22-24-25-26-29(22)19-3-1-2-4-19/h5-12,19,21,30H,1-4,13-16H2/t21-/m0/s1. The molecule has 3 aromatic rings. The lowest BCUT2D eigenvalue weighted by Gasteiger charge is -2.40. The van der Waals surface area contributed by atoms with E-state index in [1.54, 1.807) is 12.1 Å². The van der Waals surface area contributed by atoms with E-state index in [2.05, 4.69) is 47.1 Å². The van der Waals surface area contributed by atoms with Gasteiger partial charge < -0.3 is 10.0 Å². The fraction of sp³-hybridized carbons (Fsp3) is 0.455. The van der Waals surface area contributed by atoms with E-state index in [0.29, 0.717) is 11.8 Å². The zero-order valence-electron chi connectivity index (χ0n) is 17.0. The van der Waals surface area contributed by atoms with Crippen LogP contribution < -0.4 is 4.90 Å². The van der Waals surface area contributed by atoms with Crippen LogP contribution in [0.2, 0.25) is 0 Å². The van der Waals surface area contributed by atoms with E-state index in [4.69, 9.17) is 0 Å². The number of pyridine rings is 1. The van der Waals surface area contributed by atoms with Crippen LogP contribution >= 0.6 is 0 Å². The summed E-state index contributed by atoms with van der Waals surface area (Å²) in [6.45, 7) is 3.64. The van der Waals surface area contributed by atoms with Crippen LogP contribution in [0.1, 0.15) is 49.2 Å². The Morgan fingerprint density at radius 3 is 2.30 bits per heavy atom. The predicted octanol–water partition coefficient (Wildman–Crippen LogP) is 2.80. The van der Waals surface area contributed by atoms with Gasteiger partial charge in [-0.3, -0.25) is 9.88 Å². The number of hydrogen-bond acceptors (Lipinski definition) is 7. The van der Waals surface area contributed by atoms with Crippen molar-refractivity contribution < 1.29 is 5.11 Å². The monoisotopic (exact) mass is 405 g/mol. The molecule has 1 atom stereocenters. The molecule has 2 aromatic heterocycles. The summed E-state index contributed by atoms with van der Waals surface area (Å²) in [6, 6.07) is 12.0. The molecule has 1 aromatic carbocycles. The van der Waals surface area contributed by atoms with Crippen molar-refractivity contribution in [1.82, 2.24) is 30.1 Å². The van der Waals surface area contributed by atoms with Gasteiger partial charge in [-0.25, -0.2) is 4.68 Å². The molecule has 3 heterocycles. The molecule has 8 heteroatoms. The molecule has 0 amide bonds. The summed E-state index contributed by atoms with van der Waals surface area (Å²) in [7, 11) is 0. The van der Waals surface area contributed by atoms with Crippen LogP contribution in [0.4, 0.5) is 5.69 Å². The smallest absolute Gasteiger partial charge is 0.173 e. The van der Waals surface area contributed by atoms with Crippen molar-refractivity contribution in [2.75, 3.05) is 31.1 Å². The molecular formula is C22H27N7O. The number of aromatic hydroxyl groups is 1. The molecule has 5 rings (SSSR count). The van der Waals surface area contributed by atoms with E-state index < -0.39 is 0 Å². The van der Waals surface area contributed by atoms with E-state index in [0.717, 1.165) is 50.5 Å². The summed E-state index contributed by atoms with van der Waals surface area (Å²) >= 11 is 0. The lowest BCUT2D eigenvalue weighted by Crippen LogP contribution is -2.48. The lowest BCUT2D eigenvalue weighted by molar-refractivity contribution is 0.197. The molecular weight excluding hydrogens is 378 g/mol. The molecule has 8 nitrogen and oxygen atoms in total. The Bertz CT molecular complexity index is 945. The normalized spacial score (nSPS) is 19.3. The van der Waals surface area contributed by atoms with Crippen molar-refractivity contribution in [2.45, 2.75) is 37.8 Å². The van der Waals surface area contributed by atoms with Crippen LogP contribution in [-0.4, -0.2) is 61.4 Å². The average molecular weight is 406 g/mol. The third-order valence-corrected chi connectivity index (χ3v) is 6.35. The number of phenols is 1. The van der Waals surface area contributed by atoms with E-state index >= 15 is 0 Å². The molecule has 1 aliphatic carbocycles. The van der Waals surface area contributed by atoms with Gasteiger partial charge in [0.1, 0.15) is 5.75 Å². The van der Waals surface area contributed by atoms with Crippen LogP contribution in [0.3, 0.4) is 0 Å². The molecule has 2 aliphatic rings. The number of aromatic nitrogens is 5. The summed E-state index contributed by atoms with van der Waals surface area (Å²) in [5, 5.41) is 22.5. The molecule has 0 bridgehead atoms. The Labute approximate surface area is 176 Å². The number of tetrazole rings is 1. The van der Waals surface area contributed by atoms with Crippen LogP contribution in [0.25, 0.3) is 0 Å². The first-order valence-corrected chi connectivity index (χ1v) is 10.8. The van der Waals surface area contributed by atoms with Gasteiger partial charge in [0, 0.05) is 44.3 Å². The summed E-state index contributed by atoms with van der Waals surface area (Å²) < 4.78 is 2.07. The molecule has 1 saturated heterocycles. The van der Waals surface area contributed by atoms with E-state index in [1.165, 1.54) is 18.4 Å². The molecule has 1 N–H and O–H groups in total. The highest BCUT2D eigenvalue weighted by Gasteiger charge is 2.33. The van der Waals surface area contributed by atoms with Crippen LogP contribution in [-0.2, 0) is 0 Å². The molecule has 0 radical (unpaired) electrons. The minimum Gasteiger partial charge on any atom is -0.508 e. The van der Waals surface area contributed by atoms with Crippen molar-refractivity contribution in [2.24, 2.45) is 0 Å². The van der Waals surface area contributed by atoms with Gasteiger partial charge in [-0.05, 0) is 65.2 Å². The SMILES string of the molecule is Oc1ccc(N2CCN([C@@H](c3ccncc3)c3nnnn3C3CCCC3)CC2)cc1. The van der Waals surface area contributed by atoms with Crippen molar-refractivity contribution in [3.05, 3.63) is 60.2 Å². The van der Waals surface area contributed by atoms with Gasteiger partial charge in [0.15, 0.2) is 5.82 Å². The molecule has 1 aliphatic heterocycles. The highest BCUT2D eigenvalue weighted by molar-refractivity contribution is 5.49. The molecule has 2 fully saturated rings. The van der Waals surface area contributed by atoms with Crippen molar-refractivity contribution in [3.63, 3.8) is 0 Å². The fourth-order valence-corrected chi connectivity index (χ4v) is 4.76. The van der Waals surface area contributed by atoms with Gasteiger partial charge in [-0.15, -0.1) is 5.10 Å². The van der Waals surface area contributed by atoms with Crippen LogP contribution in [0, 0.1) is 0 Å². The summed E-state index contributed by atoms with van der Waals surface area (Å²) in [6.07, 6.45) is 8.48. The average Bonchev–Trinajstić information content (AvgIpc) is 3.48. The zero-order chi connectivity index (χ0) is 20.3. The van der Waals surface area contributed by atoms with Gasteiger partial charge in [0.05, 0.1) is 12.1 Å². The number of benzene rings is 1. The number of piperazine rings is 1. The molecule has 0 spiro atoms. The van der Waals surface area contributed by atoms with Crippen molar-refractivity contribution in [1.29, 1.82) is 0 Å². The van der Waals surface area contributed by atoms with Gasteiger partial charge >= 0.3 is 0 Å². The third-order valence-electron chi connectivity index (χ3n) is 6.35. The Morgan fingerprint density at radius 2 is 1.60 bits per heavy atom. The maximum Gasteiger partial charge on any atom is 0.173 e. The first-order chi connectivity index (χ1) is 14.8. The zero-order valence-corrected chi connectivity index (χ0v) is 17.0. The minimum absolute atomic E-state index is 0.0190. The lowest BCUT2D eigenvalue weighted by atomic mass is 10.0. The van der Waals surface area contributed by atoms with E-state index in [9.17, 15) is 5.11 Å². The second-order valence-corrected chi connectivity index (χ2v) is 8.14. The highest BCUT2D eigenvalue weighted by Crippen LogP contribution is 2.34. The van der Waals surface area contributed by atoms with Gasteiger partial charge in [0.25, 0.3) is 0 Å². The second-order valence-electron chi connectivity index (χ2n) is 8.14.